The largest absolute Gasteiger partial charge is 0.503 e. The van der Waals surface area contributed by atoms with E-state index in [4.69, 9.17) is 4.52 Å². The number of hydrogen-bond donors (Lipinski definition) is 1. The van der Waals surface area contributed by atoms with Crippen LogP contribution in [0, 0.1) is 6.92 Å². The van der Waals surface area contributed by atoms with Crippen molar-refractivity contribution in [1.82, 2.24) is 5.16 Å². The van der Waals surface area contributed by atoms with E-state index in [2.05, 4.69) is 5.16 Å². The molecule has 0 aliphatic carbocycles. The smallest absolute Gasteiger partial charge is 0.295 e. The zero-order valence-corrected chi connectivity index (χ0v) is 14.6. The lowest BCUT2D eigenvalue weighted by molar-refractivity contribution is -0.117. The fourth-order valence-corrected chi connectivity index (χ4v) is 3.71. The van der Waals surface area contributed by atoms with Crippen LogP contribution in [0.3, 0.4) is 0 Å². The number of aromatic nitrogens is 1. The number of thiophene rings is 1. The standard InChI is InChI=1S/C19H14N2O4S/c1-11-10-14(20-25-11)21-16(12-6-3-2-4-7-12)15(18(23)19(21)24)17(22)13-8-5-9-26-13/h2-10,16,23H,1H3/t16-/m1/s1. The Morgan fingerprint density at radius 2 is 2.00 bits per heavy atom. The fourth-order valence-electron chi connectivity index (χ4n) is 3.03. The van der Waals surface area contributed by atoms with Gasteiger partial charge in [0.1, 0.15) is 5.76 Å². The normalized spacial score (nSPS) is 17.2. The predicted octanol–water partition coefficient (Wildman–Crippen LogP) is 3.83. The molecule has 2 aromatic heterocycles. The Balaban J connectivity index is 1.88. The number of aryl methyl sites for hydroxylation is 1. The minimum Gasteiger partial charge on any atom is -0.503 e. The Bertz CT molecular complexity index is 1010. The van der Waals surface area contributed by atoms with Gasteiger partial charge in [-0.05, 0) is 23.9 Å². The van der Waals surface area contributed by atoms with Gasteiger partial charge in [0.2, 0.25) is 5.78 Å². The van der Waals surface area contributed by atoms with Crippen LogP contribution in [0.4, 0.5) is 5.82 Å². The van der Waals surface area contributed by atoms with Gasteiger partial charge in [-0.3, -0.25) is 14.5 Å². The van der Waals surface area contributed by atoms with Crippen LogP contribution in [0.1, 0.15) is 27.0 Å². The summed E-state index contributed by atoms with van der Waals surface area (Å²) in [5, 5.41) is 16.2. The summed E-state index contributed by atoms with van der Waals surface area (Å²) in [6, 6.07) is 13.3. The minimum absolute atomic E-state index is 0.0457. The highest BCUT2D eigenvalue weighted by atomic mass is 32.1. The fraction of sp³-hybridized carbons (Fsp3) is 0.105. The molecule has 0 saturated heterocycles. The summed E-state index contributed by atoms with van der Waals surface area (Å²) in [4.78, 5) is 27.5. The van der Waals surface area contributed by atoms with Gasteiger partial charge in [0.05, 0.1) is 16.5 Å². The van der Waals surface area contributed by atoms with Crippen molar-refractivity contribution in [3.63, 3.8) is 0 Å². The van der Waals surface area contributed by atoms with Gasteiger partial charge in [0.15, 0.2) is 11.6 Å². The third-order valence-electron chi connectivity index (χ3n) is 4.18. The average molecular weight is 366 g/mol. The average Bonchev–Trinajstić information content (AvgIpc) is 3.37. The Hall–Kier alpha value is -3.19. The number of benzene rings is 1. The lowest BCUT2D eigenvalue weighted by Gasteiger charge is -2.24. The van der Waals surface area contributed by atoms with Gasteiger partial charge >= 0.3 is 0 Å². The highest BCUT2D eigenvalue weighted by Gasteiger charge is 2.45. The number of ketones is 1. The molecule has 1 aliphatic rings. The first kappa shape index (κ1) is 16.3. The number of carbonyl (C=O) groups is 2. The number of rotatable bonds is 4. The maximum Gasteiger partial charge on any atom is 0.295 e. The first-order valence-electron chi connectivity index (χ1n) is 7.91. The van der Waals surface area contributed by atoms with Crippen molar-refractivity contribution >= 4 is 28.8 Å². The van der Waals surface area contributed by atoms with Crippen molar-refractivity contribution in [3.05, 3.63) is 81.4 Å². The first-order valence-corrected chi connectivity index (χ1v) is 8.79. The number of aliphatic hydroxyl groups is 1. The van der Waals surface area contributed by atoms with E-state index >= 15 is 0 Å². The second-order valence-electron chi connectivity index (χ2n) is 5.85. The van der Waals surface area contributed by atoms with E-state index in [1.807, 2.05) is 18.2 Å². The molecule has 1 aromatic carbocycles. The van der Waals surface area contributed by atoms with Crippen molar-refractivity contribution in [2.24, 2.45) is 0 Å². The van der Waals surface area contributed by atoms with Gasteiger partial charge in [0, 0.05) is 6.07 Å². The predicted molar refractivity (Wildman–Crippen MR) is 96.2 cm³/mol. The van der Waals surface area contributed by atoms with Gasteiger partial charge in [0.25, 0.3) is 5.91 Å². The maximum absolute atomic E-state index is 13.0. The molecule has 0 radical (unpaired) electrons. The van der Waals surface area contributed by atoms with E-state index in [1.54, 1.807) is 42.6 Å². The summed E-state index contributed by atoms with van der Waals surface area (Å²) in [7, 11) is 0. The summed E-state index contributed by atoms with van der Waals surface area (Å²) >= 11 is 1.26. The highest BCUT2D eigenvalue weighted by Crippen LogP contribution is 2.41. The number of aliphatic hydroxyl groups excluding tert-OH is 1. The van der Waals surface area contributed by atoms with Gasteiger partial charge in [-0.25, -0.2) is 0 Å². The molecular weight excluding hydrogens is 352 g/mol. The van der Waals surface area contributed by atoms with Crippen LogP contribution in [0.5, 0.6) is 0 Å². The lowest BCUT2D eigenvalue weighted by Crippen LogP contribution is -2.31. The summed E-state index contributed by atoms with van der Waals surface area (Å²) < 4.78 is 5.09. The quantitative estimate of drug-likeness (QED) is 0.710. The number of carbonyl (C=O) groups excluding carboxylic acids is 2. The van der Waals surface area contributed by atoms with Gasteiger partial charge in [-0.1, -0.05) is 41.6 Å². The number of hydrogen-bond acceptors (Lipinski definition) is 6. The summed E-state index contributed by atoms with van der Waals surface area (Å²) in [5.74, 6) is -0.827. The van der Waals surface area contributed by atoms with Crippen LogP contribution in [-0.4, -0.2) is 22.0 Å². The molecule has 0 unspecified atom stereocenters. The minimum atomic E-state index is -0.775. The highest BCUT2D eigenvalue weighted by molar-refractivity contribution is 7.12. The number of amides is 1. The molecule has 130 valence electrons. The van der Waals surface area contributed by atoms with Crippen LogP contribution in [0.15, 0.2) is 69.8 Å². The zero-order valence-electron chi connectivity index (χ0n) is 13.7. The van der Waals surface area contributed by atoms with E-state index in [0.29, 0.717) is 16.2 Å². The molecule has 6 nitrogen and oxygen atoms in total. The van der Waals surface area contributed by atoms with E-state index < -0.39 is 17.7 Å². The van der Waals surface area contributed by atoms with Gasteiger partial charge in [-0.2, -0.15) is 0 Å². The Kier molecular flexibility index (Phi) is 3.93. The molecular formula is C19H14N2O4S. The first-order chi connectivity index (χ1) is 12.6. The molecule has 7 heteroatoms. The monoisotopic (exact) mass is 366 g/mol. The SMILES string of the molecule is Cc1cc(N2C(=O)C(O)=C(C(=O)c3cccs3)[C@H]2c2ccccc2)no1. The van der Waals surface area contributed by atoms with Crippen LogP contribution in [-0.2, 0) is 4.79 Å². The molecule has 3 heterocycles. The number of anilines is 1. The second kappa shape index (κ2) is 6.27. The summed E-state index contributed by atoms with van der Waals surface area (Å²) in [5.41, 5.74) is 0.745. The molecule has 1 amide bonds. The van der Waals surface area contributed by atoms with Crippen LogP contribution in [0.2, 0.25) is 0 Å². The summed E-state index contributed by atoms with van der Waals surface area (Å²) in [6.07, 6.45) is 0. The molecule has 3 aromatic rings. The Labute approximate surface area is 153 Å². The zero-order chi connectivity index (χ0) is 18.3. The van der Waals surface area contributed by atoms with Gasteiger partial charge < -0.3 is 9.63 Å². The van der Waals surface area contributed by atoms with Gasteiger partial charge in [-0.15, -0.1) is 11.3 Å². The molecule has 26 heavy (non-hydrogen) atoms. The van der Waals surface area contributed by atoms with Crippen LogP contribution in [0.25, 0.3) is 0 Å². The molecule has 4 rings (SSSR count). The third-order valence-corrected chi connectivity index (χ3v) is 5.04. The van der Waals surface area contributed by atoms with Crippen molar-refractivity contribution in [2.75, 3.05) is 4.90 Å². The van der Waals surface area contributed by atoms with Crippen molar-refractivity contribution in [3.8, 4) is 0 Å². The molecule has 1 aliphatic heterocycles. The topological polar surface area (TPSA) is 83.6 Å². The molecule has 0 fully saturated rings. The van der Waals surface area contributed by atoms with E-state index in [0.717, 1.165) is 0 Å². The van der Waals surface area contributed by atoms with Crippen molar-refractivity contribution in [2.45, 2.75) is 13.0 Å². The molecule has 0 spiro atoms. The molecule has 1 N–H and O–H groups in total. The maximum atomic E-state index is 13.0. The lowest BCUT2D eigenvalue weighted by atomic mass is 9.95. The second-order valence-corrected chi connectivity index (χ2v) is 6.80. The van der Waals surface area contributed by atoms with E-state index in [-0.39, 0.29) is 17.2 Å². The van der Waals surface area contributed by atoms with Crippen LogP contribution >= 0.6 is 11.3 Å². The van der Waals surface area contributed by atoms with Crippen LogP contribution < -0.4 is 4.90 Å². The van der Waals surface area contributed by atoms with Crippen molar-refractivity contribution in [1.29, 1.82) is 0 Å². The summed E-state index contributed by atoms with van der Waals surface area (Å²) in [6.45, 7) is 1.71. The Morgan fingerprint density at radius 1 is 1.23 bits per heavy atom. The Morgan fingerprint density at radius 3 is 2.62 bits per heavy atom. The third kappa shape index (κ3) is 2.53. The van der Waals surface area contributed by atoms with E-state index in [9.17, 15) is 14.7 Å². The van der Waals surface area contributed by atoms with Crippen molar-refractivity contribution < 1.29 is 19.2 Å². The number of nitrogens with zero attached hydrogens (tertiary/aromatic N) is 2. The number of Topliss-reactive ketones (excluding diaryl/α,β-unsaturated/α-hetero) is 1. The molecule has 0 bridgehead atoms. The molecule has 0 saturated carbocycles. The van der Waals surface area contributed by atoms with E-state index in [1.165, 1.54) is 16.2 Å². The molecule has 1 atom stereocenters.